The molecule has 4 aliphatic carbocycles. The molecule has 0 spiro atoms. The zero-order valence-corrected chi connectivity index (χ0v) is 29.1. The van der Waals surface area contributed by atoms with Crippen molar-refractivity contribution in [2.45, 2.75) is 113 Å². The molecule has 2 atom stereocenters. The highest BCUT2D eigenvalue weighted by atomic mass is 16.5. The van der Waals surface area contributed by atoms with Crippen LogP contribution in [0.2, 0.25) is 0 Å². The van der Waals surface area contributed by atoms with E-state index in [1.807, 2.05) is 12.1 Å². The predicted molar refractivity (Wildman–Crippen MR) is 189 cm³/mol. The maximum Gasteiger partial charge on any atom is 0.161 e. The molecule has 0 radical (unpaired) electrons. The van der Waals surface area contributed by atoms with Gasteiger partial charge in [0.05, 0.1) is 63.0 Å². The molecule has 6 heteroatoms. The second-order valence-corrected chi connectivity index (χ2v) is 13.6. The molecule has 254 valence electrons. The fourth-order valence-corrected chi connectivity index (χ4v) is 7.79. The van der Waals surface area contributed by atoms with Crippen LogP contribution < -0.4 is 18.9 Å². The lowest BCUT2D eigenvalue weighted by atomic mass is 9.72. The average Bonchev–Trinajstić information content (AvgIpc) is 3.85. The van der Waals surface area contributed by atoms with Crippen molar-refractivity contribution in [3.63, 3.8) is 0 Å². The standard InChI is InChI=1S/C42H50O6/c1-43-35-17-11-25-41(29-35,31-19-21-37(45-3)39(27-31)47-33-13-5-6-14-33)23-9-10-24-42(26-12-18-36(30-42)44-2)32-20-22-38(46-4)40(28-32)48-34-15-7-8-16-34/h19-22,27-30,33-34H,5-8,11-18,25-26H2,1-4H3. The molecule has 0 saturated heterocycles. The Morgan fingerprint density at radius 1 is 0.521 bits per heavy atom. The van der Waals surface area contributed by atoms with Crippen LogP contribution in [0.3, 0.4) is 0 Å². The minimum atomic E-state index is -0.562. The third-order valence-corrected chi connectivity index (χ3v) is 10.5. The molecule has 48 heavy (non-hydrogen) atoms. The van der Waals surface area contributed by atoms with Crippen LogP contribution in [0.25, 0.3) is 0 Å². The Kier molecular flexibility index (Phi) is 10.8. The molecule has 6 nitrogen and oxygen atoms in total. The molecule has 0 aliphatic heterocycles. The van der Waals surface area contributed by atoms with Crippen molar-refractivity contribution >= 4 is 0 Å². The lowest BCUT2D eigenvalue weighted by molar-refractivity contribution is 0.200. The number of methoxy groups -OCH3 is 4. The zero-order chi connectivity index (χ0) is 33.4. The van der Waals surface area contributed by atoms with Crippen molar-refractivity contribution in [3.05, 3.63) is 71.2 Å². The molecule has 0 amide bonds. The Morgan fingerprint density at radius 2 is 0.938 bits per heavy atom. The van der Waals surface area contributed by atoms with Gasteiger partial charge in [0, 0.05) is 12.8 Å². The highest BCUT2D eigenvalue weighted by Gasteiger charge is 2.35. The van der Waals surface area contributed by atoms with Crippen molar-refractivity contribution in [2.24, 2.45) is 0 Å². The van der Waals surface area contributed by atoms with Crippen LogP contribution in [0.4, 0.5) is 0 Å². The summed E-state index contributed by atoms with van der Waals surface area (Å²) in [6.45, 7) is 0. The molecule has 0 aromatic heterocycles. The minimum Gasteiger partial charge on any atom is -0.501 e. The third kappa shape index (κ3) is 7.44. The van der Waals surface area contributed by atoms with Gasteiger partial charge in [0.1, 0.15) is 0 Å². The highest BCUT2D eigenvalue weighted by molar-refractivity contribution is 5.55. The first-order chi connectivity index (χ1) is 23.5. The average molecular weight is 651 g/mol. The fraction of sp³-hybridized carbons (Fsp3) is 0.524. The number of hydrogen-bond donors (Lipinski definition) is 0. The molecule has 4 aliphatic rings. The number of ether oxygens (including phenoxy) is 6. The lowest BCUT2D eigenvalue weighted by Crippen LogP contribution is -2.26. The molecule has 0 bridgehead atoms. The molecule has 0 heterocycles. The second-order valence-electron chi connectivity index (χ2n) is 13.6. The summed E-state index contributed by atoms with van der Waals surface area (Å²) >= 11 is 0. The molecule has 2 aromatic rings. The summed E-state index contributed by atoms with van der Waals surface area (Å²) in [4.78, 5) is 0. The first kappa shape index (κ1) is 33.7. The third-order valence-electron chi connectivity index (χ3n) is 10.5. The van der Waals surface area contributed by atoms with Gasteiger partial charge in [-0.05, 0) is 136 Å². The Bertz CT molecular complexity index is 1500. The Morgan fingerprint density at radius 3 is 1.31 bits per heavy atom. The van der Waals surface area contributed by atoms with E-state index in [1.54, 1.807) is 28.4 Å². The van der Waals surface area contributed by atoms with Crippen molar-refractivity contribution in [1.29, 1.82) is 0 Å². The monoisotopic (exact) mass is 650 g/mol. The number of allylic oxidation sites excluding steroid dienone is 4. The zero-order valence-electron chi connectivity index (χ0n) is 29.1. The second kappa shape index (κ2) is 15.4. The number of hydrogen-bond acceptors (Lipinski definition) is 6. The summed E-state index contributed by atoms with van der Waals surface area (Å²) in [5.41, 5.74) is 1.01. The molecule has 2 unspecified atom stereocenters. The van der Waals surface area contributed by atoms with Crippen LogP contribution in [-0.4, -0.2) is 40.6 Å². The van der Waals surface area contributed by atoms with Crippen LogP contribution in [-0.2, 0) is 20.3 Å². The summed E-state index contributed by atoms with van der Waals surface area (Å²) in [5.74, 6) is 18.8. The molecule has 2 saturated carbocycles. The molecule has 6 rings (SSSR count). The maximum absolute atomic E-state index is 6.49. The van der Waals surface area contributed by atoms with E-state index in [4.69, 9.17) is 28.4 Å². The van der Waals surface area contributed by atoms with Crippen molar-refractivity contribution in [3.8, 4) is 46.7 Å². The van der Waals surface area contributed by atoms with E-state index in [2.05, 4.69) is 60.1 Å². The first-order valence-corrected chi connectivity index (χ1v) is 17.8. The SMILES string of the molecule is COC1=CC(C#CC#CC2(c3ccc(OC)c(OC4CCCC4)c3)C=C(OC)CCC2)(c2ccc(OC)c(OC3CCCC3)c2)CCC1. The van der Waals surface area contributed by atoms with Gasteiger partial charge in [0.2, 0.25) is 0 Å². The summed E-state index contributed by atoms with van der Waals surface area (Å²) in [7, 11) is 6.87. The van der Waals surface area contributed by atoms with E-state index in [-0.39, 0.29) is 12.2 Å². The van der Waals surface area contributed by atoms with E-state index < -0.39 is 10.8 Å². The van der Waals surface area contributed by atoms with Gasteiger partial charge in [-0.1, -0.05) is 24.0 Å². The minimum absolute atomic E-state index is 0.220. The van der Waals surface area contributed by atoms with Crippen molar-refractivity contribution in [2.75, 3.05) is 28.4 Å². The van der Waals surface area contributed by atoms with Gasteiger partial charge in [-0.25, -0.2) is 0 Å². The molecular weight excluding hydrogens is 600 g/mol. The van der Waals surface area contributed by atoms with Crippen LogP contribution in [0.1, 0.15) is 101 Å². The number of rotatable bonds is 10. The van der Waals surface area contributed by atoms with E-state index in [0.29, 0.717) is 0 Å². The summed E-state index contributed by atoms with van der Waals surface area (Å²) < 4.78 is 36.0. The Balaban J connectivity index is 1.39. The van der Waals surface area contributed by atoms with Gasteiger partial charge in [0.25, 0.3) is 0 Å². The highest BCUT2D eigenvalue weighted by Crippen LogP contribution is 2.43. The van der Waals surface area contributed by atoms with E-state index in [0.717, 1.165) is 110 Å². The van der Waals surface area contributed by atoms with Gasteiger partial charge in [-0.3, -0.25) is 0 Å². The predicted octanol–water partition coefficient (Wildman–Crippen LogP) is 8.96. The van der Waals surface area contributed by atoms with Gasteiger partial charge in [-0.2, -0.15) is 0 Å². The van der Waals surface area contributed by atoms with Gasteiger partial charge < -0.3 is 28.4 Å². The van der Waals surface area contributed by atoms with Crippen molar-refractivity contribution in [1.82, 2.24) is 0 Å². The Hall–Kier alpha value is -4.16. The summed E-state index contributed by atoms with van der Waals surface area (Å²) in [6, 6.07) is 12.5. The topological polar surface area (TPSA) is 55.4 Å². The number of benzene rings is 2. The smallest absolute Gasteiger partial charge is 0.161 e. The normalized spacial score (nSPS) is 24.2. The van der Waals surface area contributed by atoms with E-state index in [9.17, 15) is 0 Å². The maximum atomic E-state index is 6.49. The molecular formula is C42H50O6. The van der Waals surface area contributed by atoms with E-state index >= 15 is 0 Å². The van der Waals surface area contributed by atoms with E-state index in [1.165, 1.54) is 25.7 Å². The molecule has 2 aromatic carbocycles. The van der Waals surface area contributed by atoms with Gasteiger partial charge in [-0.15, -0.1) is 0 Å². The van der Waals surface area contributed by atoms with Crippen LogP contribution >= 0.6 is 0 Å². The first-order valence-electron chi connectivity index (χ1n) is 17.8. The van der Waals surface area contributed by atoms with Crippen molar-refractivity contribution < 1.29 is 28.4 Å². The largest absolute Gasteiger partial charge is 0.501 e. The lowest BCUT2D eigenvalue weighted by Gasteiger charge is -2.31. The van der Waals surface area contributed by atoms with Gasteiger partial charge in [0.15, 0.2) is 23.0 Å². The van der Waals surface area contributed by atoms with Crippen LogP contribution in [0.5, 0.6) is 23.0 Å². The van der Waals surface area contributed by atoms with Crippen LogP contribution in [0.15, 0.2) is 60.1 Å². The quantitative estimate of drug-likeness (QED) is 0.239. The van der Waals surface area contributed by atoms with Gasteiger partial charge >= 0.3 is 0 Å². The summed E-state index contributed by atoms with van der Waals surface area (Å²) in [6.07, 6.45) is 19.4. The molecule has 0 N–H and O–H groups in total. The van der Waals surface area contributed by atoms with Crippen LogP contribution in [0, 0.1) is 23.7 Å². The Labute approximate surface area is 287 Å². The summed E-state index contributed by atoms with van der Waals surface area (Å²) in [5, 5.41) is 0. The fourth-order valence-electron chi connectivity index (χ4n) is 7.79. The molecule has 2 fully saturated rings.